The van der Waals surface area contributed by atoms with E-state index in [-0.39, 0.29) is 6.42 Å². The highest BCUT2D eigenvalue weighted by Gasteiger charge is 2.35. The Morgan fingerprint density at radius 2 is 1.78 bits per heavy atom. The zero-order valence-corrected chi connectivity index (χ0v) is 10.2. The van der Waals surface area contributed by atoms with Gasteiger partial charge in [-0.15, -0.1) is 6.58 Å². The van der Waals surface area contributed by atoms with Gasteiger partial charge in [0, 0.05) is 6.92 Å². The normalized spacial score (nSPS) is 19.4. The Bertz CT molecular complexity index is 272. The van der Waals surface area contributed by atoms with Crippen molar-refractivity contribution >= 4 is 5.91 Å². The Morgan fingerprint density at radius 3 is 2.17 bits per heavy atom. The van der Waals surface area contributed by atoms with Gasteiger partial charge < -0.3 is 30.8 Å². The van der Waals surface area contributed by atoms with Gasteiger partial charge in [-0.05, 0) is 6.42 Å². The van der Waals surface area contributed by atoms with Crippen LogP contribution in [0.3, 0.4) is 0 Å². The predicted octanol–water partition coefficient (Wildman–Crippen LogP) is -2.50. The second-order valence-corrected chi connectivity index (χ2v) is 4.05. The Balaban J connectivity index is 4.82. The molecular weight excluding hydrogens is 242 g/mol. The van der Waals surface area contributed by atoms with Crippen LogP contribution < -0.4 is 5.32 Å². The molecule has 7 heteroatoms. The summed E-state index contributed by atoms with van der Waals surface area (Å²) in [4.78, 5) is 11.0. The van der Waals surface area contributed by atoms with Crippen molar-refractivity contribution in [2.24, 2.45) is 0 Å². The summed E-state index contributed by atoms with van der Waals surface area (Å²) in [5, 5.41) is 49.2. The molecule has 18 heavy (non-hydrogen) atoms. The molecule has 5 atom stereocenters. The summed E-state index contributed by atoms with van der Waals surface area (Å²) < 4.78 is 0. The maximum atomic E-state index is 11.0. The van der Waals surface area contributed by atoms with Gasteiger partial charge in [0.05, 0.1) is 18.8 Å². The highest BCUT2D eigenvalue weighted by Crippen LogP contribution is 2.11. The van der Waals surface area contributed by atoms with Gasteiger partial charge in [-0.25, -0.2) is 0 Å². The molecule has 0 rings (SSSR count). The van der Waals surface area contributed by atoms with E-state index in [0.717, 1.165) is 0 Å². The number of carbonyl (C=O) groups excluding carboxylic acids is 1. The smallest absolute Gasteiger partial charge is 0.217 e. The predicted molar refractivity (Wildman–Crippen MR) is 63.5 cm³/mol. The summed E-state index contributed by atoms with van der Waals surface area (Å²) in [6.07, 6.45) is -4.56. The van der Waals surface area contributed by atoms with Crippen LogP contribution in [0, 0.1) is 0 Å². The molecule has 0 heterocycles. The van der Waals surface area contributed by atoms with E-state index in [1.54, 1.807) is 0 Å². The number of hydrogen-bond donors (Lipinski definition) is 6. The Labute approximate surface area is 105 Å². The number of aliphatic hydroxyl groups excluding tert-OH is 5. The number of amides is 1. The van der Waals surface area contributed by atoms with E-state index >= 15 is 0 Å². The van der Waals surface area contributed by atoms with Crippen molar-refractivity contribution in [3.63, 3.8) is 0 Å². The van der Waals surface area contributed by atoms with E-state index in [0.29, 0.717) is 0 Å². The third-order valence-corrected chi connectivity index (χ3v) is 2.49. The average Bonchev–Trinajstić information content (AvgIpc) is 2.33. The summed E-state index contributed by atoms with van der Waals surface area (Å²) in [5.41, 5.74) is 0. The van der Waals surface area contributed by atoms with Gasteiger partial charge in [0.15, 0.2) is 0 Å². The van der Waals surface area contributed by atoms with Crippen LogP contribution in [-0.4, -0.2) is 68.5 Å². The quantitative estimate of drug-likeness (QED) is 0.269. The lowest BCUT2D eigenvalue weighted by molar-refractivity contribution is -0.127. The molecule has 0 aliphatic heterocycles. The molecule has 7 nitrogen and oxygen atoms in total. The molecule has 0 aliphatic rings. The number of carbonyl (C=O) groups is 1. The summed E-state index contributed by atoms with van der Waals surface area (Å²) in [6.45, 7) is 3.85. The first-order valence-electron chi connectivity index (χ1n) is 5.56. The summed E-state index contributed by atoms with van der Waals surface area (Å²) in [7, 11) is 0. The van der Waals surface area contributed by atoms with Gasteiger partial charge in [-0.2, -0.15) is 0 Å². The first kappa shape index (κ1) is 17.0. The van der Waals surface area contributed by atoms with Crippen LogP contribution in [0.2, 0.25) is 0 Å². The molecule has 0 radical (unpaired) electrons. The van der Waals surface area contributed by atoms with Gasteiger partial charge in [0.25, 0.3) is 0 Å². The van der Waals surface area contributed by atoms with E-state index in [4.69, 9.17) is 5.11 Å². The van der Waals surface area contributed by atoms with Crippen LogP contribution in [0.15, 0.2) is 12.7 Å². The molecule has 0 aromatic carbocycles. The van der Waals surface area contributed by atoms with Crippen LogP contribution in [-0.2, 0) is 4.79 Å². The lowest BCUT2D eigenvalue weighted by Crippen LogP contribution is -2.57. The van der Waals surface area contributed by atoms with Gasteiger partial charge in [-0.1, -0.05) is 6.08 Å². The second kappa shape index (κ2) is 8.17. The van der Waals surface area contributed by atoms with E-state index in [9.17, 15) is 25.2 Å². The molecule has 0 unspecified atom stereocenters. The molecule has 0 spiro atoms. The average molecular weight is 263 g/mol. The first-order valence-corrected chi connectivity index (χ1v) is 5.56. The Hall–Kier alpha value is -0.990. The zero-order valence-electron chi connectivity index (χ0n) is 10.2. The second-order valence-electron chi connectivity index (χ2n) is 4.05. The minimum atomic E-state index is -1.69. The third kappa shape index (κ3) is 5.11. The van der Waals surface area contributed by atoms with Gasteiger partial charge in [-0.3, -0.25) is 4.79 Å². The summed E-state index contributed by atoms with van der Waals surface area (Å²) in [5.74, 6) is -0.507. The lowest BCUT2D eigenvalue weighted by atomic mass is 9.95. The third-order valence-electron chi connectivity index (χ3n) is 2.49. The van der Waals surface area contributed by atoms with E-state index in [1.807, 2.05) is 0 Å². The molecule has 6 N–H and O–H groups in total. The van der Waals surface area contributed by atoms with Crippen molar-refractivity contribution in [2.45, 2.75) is 43.8 Å². The SMILES string of the molecule is C=CC[C@@H](O)[C@@H](NC(C)=O)[C@@H](O)[C@H](O)[C@H](O)CO. The van der Waals surface area contributed by atoms with Gasteiger partial charge in [0.1, 0.15) is 18.3 Å². The van der Waals surface area contributed by atoms with Crippen molar-refractivity contribution in [1.82, 2.24) is 5.32 Å². The van der Waals surface area contributed by atoms with Crippen LogP contribution in [0.4, 0.5) is 0 Å². The molecule has 1 amide bonds. The topological polar surface area (TPSA) is 130 Å². The minimum absolute atomic E-state index is 0.0872. The van der Waals surface area contributed by atoms with E-state index in [2.05, 4.69) is 11.9 Å². The highest BCUT2D eigenvalue weighted by atomic mass is 16.4. The molecule has 0 fully saturated rings. The van der Waals surface area contributed by atoms with Gasteiger partial charge >= 0.3 is 0 Å². The largest absolute Gasteiger partial charge is 0.394 e. The maximum absolute atomic E-state index is 11.0. The molecule has 106 valence electrons. The van der Waals surface area contributed by atoms with E-state index in [1.165, 1.54) is 13.0 Å². The Morgan fingerprint density at radius 1 is 1.22 bits per heavy atom. The summed E-state index contributed by atoms with van der Waals surface area (Å²) in [6, 6.07) is -1.17. The minimum Gasteiger partial charge on any atom is -0.394 e. The molecule has 0 aromatic rings. The Kier molecular flexibility index (Phi) is 7.72. The van der Waals surface area contributed by atoms with Crippen molar-refractivity contribution in [3.05, 3.63) is 12.7 Å². The van der Waals surface area contributed by atoms with Crippen molar-refractivity contribution in [2.75, 3.05) is 6.61 Å². The fraction of sp³-hybridized carbons (Fsp3) is 0.727. The molecular formula is C11H21NO6. The summed E-state index contributed by atoms with van der Waals surface area (Å²) >= 11 is 0. The number of hydrogen-bond acceptors (Lipinski definition) is 6. The number of aliphatic hydroxyl groups is 5. The zero-order chi connectivity index (χ0) is 14.3. The first-order chi connectivity index (χ1) is 8.34. The molecule has 0 bridgehead atoms. The highest BCUT2D eigenvalue weighted by molar-refractivity contribution is 5.73. The van der Waals surface area contributed by atoms with Crippen LogP contribution in [0.5, 0.6) is 0 Å². The maximum Gasteiger partial charge on any atom is 0.217 e. The van der Waals surface area contributed by atoms with Crippen molar-refractivity contribution in [3.8, 4) is 0 Å². The fourth-order valence-electron chi connectivity index (χ4n) is 1.51. The molecule has 0 saturated heterocycles. The lowest BCUT2D eigenvalue weighted by Gasteiger charge is -2.32. The van der Waals surface area contributed by atoms with Crippen LogP contribution in [0.1, 0.15) is 13.3 Å². The fourth-order valence-corrected chi connectivity index (χ4v) is 1.51. The van der Waals surface area contributed by atoms with Crippen LogP contribution in [0.25, 0.3) is 0 Å². The van der Waals surface area contributed by atoms with Crippen LogP contribution >= 0.6 is 0 Å². The molecule has 0 aliphatic carbocycles. The molecule has 0 aromatic heterocycles. The molecule has 0 saturated carbocycles. The van der Waals surface area contributed by atoms with Crippen molar-refractivity contribution < 1.29 is 30.3 Å². The number of nitrogens with one attached hydrogen (secondary N) is 1. The number of rotatable bonds is 8. The monoisotopic (exact) mass is 263 g/mol. The van der Waals surface area contributed by atoms with Crippen molar-refractivity contribution in [1.29, 1.82) is 0 Å². The van der Waals surface area contributed by atoms with Gasteiger partial charge in [0.2, 0.25) is 5.91 Å². The van der Waals surface area contributed by atoms with E-state index < -0.39 is 43.0 Å². The standard InChI is InChI=1S/C11H21NO6/c1-3-4-7(15)9(12-6(2)14)11(18)10(17)8(16)5-13/h3,7-11,13,15-18H,1,4-5H2,2H3,(H,12,14)/t7-,8-,9-,10-,11-/m1/s1.